The molecule has 0 atom stereocenters. The van der Waals surface area contributed by atoms with Gasteiger partial charge >= 0.3 is 0 Å². The number of fused-ring (bicyclic) bond motifs is 1. The van der Waals surface area contributed by atoms with E-state index in [1.165, 1.54) is 6.33 Å². The van der Waals surface area contributed by atoms with Crippen molar-refractivity contribution in [2.75, 3.05) is 6.54 Å². The molecule has 0 radical (unpaired) electrons. The van der Waals surface area contributed by atoms with Crippen LogP contribution in [-0.4, -0.2) is 32.0 Å². The number of ether oxygens (including phenoxy) is 1. The van der Waals surface area contributed by atoms with Crippen LogP contribution in [0.3, 0.4) is 0 Å². The topological polar surface area (TPSA) is 81.4 Å². The predicted octanol–water partition coefficient (Wildman–Crippen LogP) is 3.07. The van der Waals surface area contributed by atoms with Gasteiger partial charge in [0.25, 0.3) is 11.7 Å². The summed E-state index contributed by atoms with van der Waals surface area (Å²) in [5, 5.41) is 7.03. The van der Waals surface area contributed by atoms with E-state index in [1.807, 2.05) is 48.7 Å². The Morgan fingerprint density at radius 1 is 1.03 bits per heavy atom. The van der Waals surface area contributed by atoms with Gasteiger partial charge in [-0.2, -0.15) is 10.1 Å². The Balaban J connectivity index is 1.25. The number of hydrogen-bond donors (Lipinski definition) is 1. The molecule has 0 fully saturated rings. The van der Waals surface area contributed by atoms with Gasteiger partial charge in [-0.05, 0) is 42.2 Å². The van der Waals surface area contributed by atoms with Crippen LogP contribution in [0.1, 0.15) is 27.9 Å². The molecule has 4 aromatic rings. The molecule has 7 heteroatoms. The fourth-order valence-electron chi connectivity index (χ4n) is 2.95. The van der Waals surface area contributed by atoms with Gasteiger partial charge in [-0.25, -0.2) is 9.50 Å². The van der Waals surface area contributed by atoms with Crippen molar-refractivity contribution in [3.8, 4) is 5.75 Å². The second kappa shape index (κ2) is 8.97. The van der Waals surface area contributed by atoms with E-state index < -0.39 is 0 Å². The lowest BCUT2D eigenvalue weighted by Crippen LogP contribution is -2.24. The largest absolute Gasteiger partial charge is 0.489 e. The van der Waals surface area contributed by atoms with E-state index in [0.717, 1.165) is 24.0 Å². The molecule has 2 aromatic heterocycles. The fraction of sp³-hybridized carbons (Fsp3) is 0.182. The second-order valence-corrected chi connectivity index (χ2v) is 6.63. The lowest BCUT2D eigenvalue weighted by Gasteiger charge is -2.09. The maximum atomic E-state index is 12.4. The summed E-state index contributed by atoms with van der Waals surface area (Å²) in [7, 11) is 0. The molecule has 0 unspecified atom stereocenters. The van der Waals surface area contributed by atoms with Crippen molar-refractivity contribution in [3.05, 3.63) is 90.0 Å². The van der Waals surface area contributed by atoms with Gasteiger partial charge in [-0.3, -0.25) is 4.79 Å². The molecule has 0 bridgehead atoms. The molecule has 29 heavy (non-hydrogen) atoms. The molecule has 4 rings (SSSR count). The fourth-order valence-corrected chi connectivity index (χ4v) is 2.95. The molecule has 0 saturated carbocycles. The summed E-state index contributed by atoms with van der Waals surface area (Å²) in [6.45, 7) is 1.04. The SMILES string of the molecule is O=C(NCCCc1cnc2ncnn2c1)c1cccc(OCc2ccccc2)c1. The Bertz CT molecular complexity index is 1090. The number of benzene rings is 2. The number of nitrogens with one attached hydrogen (secondary N) is 1. The maximum absolute atomic E-state index is 12.4. The number of aromatic nitrogens is 4. The van der Waals surface area contributed by atoms with Crippen LogP contribution in [0.15, 0.2) is 73.3 Å². The number of carbonyl (C=O) groups is 1. The van der Waals surface area contributed by atoms with E-state index in [-0.39, 0.29) is 5.91 Å². The van der Waals surface area contributed by atoms with E-state index in [0.29, 0.717) is 30.2 Å². The van der Waals surface area contributed by atoms with Gasteiger partial charge in [0.15, 0.2) is 0 Å². The van der Waals surface area contributed by atoms with Crippen molar-refractivity contribution >= 4 is 11.7 Å². The zero-order chi connectivity index (χ0) is 19.9. The first-order valence-corrected chi connectivity index (χ1v) is 9.47. The molecule has 1 N–H and O–H groups in total. The molecule has 0 saturated heterocycles. The zero-order valence-corrected chi connectivity index (χ0v) is 15.9. The first-order valence-electron chi connectivity index (χ1n) is 9.47. The van der Waals surface area contributed by atoms with E-state index >= 15 is 0 Å². The molecule has 2 aromatic carbocycles. The van der Waals surface area contributed by atoms with E-state index in [9.17, 15) is 4.79 Å². The molecule has 0 spiro atoms. The highest BCUT2D eigenvalue weighted by Crippen LogP contribution is 2.15. The second-order valence-electron chi connectivity index (χ2n) is 6.63. The van der Waals surface area contributed by atoms with Crippen LogP contribution in [0.4, 0.5) is 0 Å². The van der Waals surface area contributed by atoms with Crippen molar-refractivity contribution in [3.63, 3.8) is 0 Å². The number of hydrogen-bond acceptors (Lipinski definition) is 5. The molecule has 2 heterocycles. The summed E-state index contributed by atoms with van der Waals surface area (Å²) in [5.41, 5.74) is 2.72. The monoisotopic (exact) mass is 387 g/mol. The molecule has 146 valence electrons. The normalized spacial score (nSPS) is 10.8. The summed E-state index contributed by atoms with van der Waals surface area (Å²) in [4.78, 5) is 20.7. The summed E-state index contributed by atoms with van der Waals surface area (Å²) < 4.78 is 7.44. The van der Waals surface area contributed by atoms with Crippen LogP contribution < -0.4 is 10.1 Å². The van der Waals surface area contributed by atoms with Gasteiger partial charge in [0.05, 0.1) is 0 Å². The van der Waals surface area contributed by atoms with Crippen LogP contribution in [0, 0.1) is 0 Å². The molecule has 0 aliphatic carbocycles. The third-order valence-electron chi connectivity index (χ3n) is 4.46. The predicted molar refractivity (Wildman–Crippen MR) is 109 cm³/mol. The molecule has 0 aliphatic rings. The maximum Gasteiger partial charge on any atom is 0.252 e. The first kappa shape index (κ1) is 18.6. The molecular formula is C22H21N5O2. The summed E-state index contributed by atoms with van der Waals surface area (Å²) in [6.07, 6.45) is 6.77. The highest BCUT2D eigenvalue weighted by Gasteiger charge is 2.07. The van der Waals surface area contributed by atoms with Gasteiger partial charge in [0, 0.05) is 24.5 Å². The number of rotatable bonds is 8. The van der Waals surface area contributed by atoms with Crippen molar-refractivity contribution in [2.45, 2.75) is 19.4 Å². The van der Waals surface area contributed by atoms with E-state index in [2.05, 4.69) is 20.4 Å². The van der Waals surface area contributed by atoms with Gasteiger partial charge < -0.3 is 10.1 Å². The Labute approximate surface area is 168 Å². The third kappa shape index (κ3) is 4.95. The van der Waals surface area contributed by atoms with Crippen LogP contribution in [-0.2, 0) is 13.0 Å². The Kier molecular flexibility index (Phi) is 5.76. The highest BCUT2D eigenvalue weighted by atomic mass is 16.5. The summed E-state index contributed by atoms with van der Waals surface area (Å²) in [6, 6.07) is 17.2. The van der Waals surface area contributed by atoms with Gasteiger partial charge in [0.1, 0.15) is 18.7 Å². The number of carbonyl (C=O) groups excluding carboxylic acids is 1. The van der Waals surface area contributed by atoms with Crippen molar-refractivity contribution in [2.24, 2.45) is 0 Å². The molecular weight excluding hydrogens is 366 g/mol. The van der Waals surface area contributed by atoms with Crippen LogP contribution in [0.5, 0.6) is 5.75 Å². The smallest absolute Gasteiger partial charge is 0.252 e. The Hall–Kier alpha value is -3.74. The minimum absolute atomic E-state index is 0.111. The number of aryl methyl sites for hydroxylation is 1. The summed E-state index contributed by atoms with van der Waals surface area (Å²) >= 11 is 0. The molecule has 1 amide bonds. The lowest BCUT2D eigenvalue weighted by atomic mass is 10.1. The van der Waals surface area contributed by atoms with Crippen molar-refractivity contribution in [1.82, 2.24) is 24.9 Å². The quantitative estimate of drug-likeness (QED) is 0.470. The first-order chi connectivity index (χ1) is 14.3. The standard InChI is InChI=1S/C22H21N5O2/c28-21(23-11-5-8-18-13-24-22-25-16-26-27(22)14-18)19-9-4-10-20(12-19)29-15-17-6-2-1-3-7-17/h1-4,6-7,9-10,12-14,16H,5,8,11,15H2,(H,23,28). The van der Waals surface area contributed by atoms with Crippen molar-refractivity contribution < 1.29 is 9.53 Å². The van der Waals surface area contributed by atoms with Gasteiger partial charge in [-0.15, -0.1) is 0 Å². The molecule has 0 aliphatic heterocycles. The highest BCUT2D eigenvalue weighted by molar-refractivity contribution is 5.94. The van der Waals surface area contributed by atoms with E-state index in [1.54, 1.807) is 22.8 Å². The van der Waals surface area contributed by atoms with Crippen molar-refractivity contribution in [1.29, 1.82) is 0 Å². The minimum atomic E-state index is -0.111. The lowest BCUT2D eigenvalue weighted by molar-refractivity contribution is 0.0952. The third-order valence-corrected chi connectivity index (χ3v) is 4.46. The summed E-state index contributed by atoms with van der Waals surface area (Å²) in [5.74, 6) is 1.14. The minimum Gasteiger partial charge on any atom is -0.489 e. The average molecular weight is 387 g/mol. The van der Waals surface area contributed by atoms with Crippen LogP contribution in [0.25, 0.3) is 5.78 Å². The van der Waals surface area contributed by atoms with Gasteiger partial charge in [-0.1, -0.05) is 36.4 Å². The number of nitrogens with zero attached hydrogens (tertiary/aromatic N) is 4. The Morgan fingerprint density at radius 2 is 1.93 bits per heavy atom. The average Bonchev–Trinajstić information content (AvgIpc) is 3.24. The van der Waals surface area contributed by atoms with E-state index in [4.69, 9.17) is 4.74 Å². The van der Waals surface area contributed by atoms with Crippen LogP contribution >= 0.6 is 0 Å². The molecule has 7 nitrogen and oxygen atoms in total. The van der Waals surface area contributed by atoms with Crippen LogP contribution in [0.2, 0.25) is 0 Å². The zero-order valence-electron chi connectivity index (χ0n) is 15.9. The number of amides is 1. The van der Waals surface area contributed by atoms with Gasteiger partial charge in [0.2, 0.25) is 0 Å². The Morgan fingerprint density at radius 3 is 2.83 bits per heavy atom.